The van der Waals surface area contributed by atoms with E-state index in [0.29, 0.717) is 29.8 Å². The zero-order chi connectivity index (χ0) is 22.0. The van der Waals surface area contributed by atoms with Gasteiger partial charge in [-0.05, 0) is 42.3 Å². The Morgan fingerprint density at radius 2 is 1.84 bits per heavy atom. The molecule has 0 amide bonds. The Bertz CT molecular complexity index is 1320. The van der Waals surface area contributed by atoms with E-state index in [1.54, 1.807) is 36.4 Å². The van der Waals surface area contributed by atoms with Crippen LogP contribution < -0.4 is 4.31 Å². The number of rotatable bonds is 5. The van der Waals surface area contributed by atoms with Crippen molar-refractivity contribution in [3.05, 3.63) is 94.0 Å². The number of halogens is 1. The average Bonchev–Trinajstić information content (AvgIpc) is 3.23. The number of ether oxygens (including phenoxy) is 1. The molecular weight excluding hydrogens is 436 g/mol. The Labute approximate surface area is 185 Å². The van der Waals surface area contributed by atoms with Crippen LogP contribution >= 0.6 is 11.6 Å². The number of para-hydroxylation sites is 1. The molecule has 0 aromatic heterocycles. The molecule has 0 aliphatic carbocycles. The maximum atomic E-state index is 13.3. The lowest BCUT2D eigenvalue weighted by molar-refractivity contribution is 0.0472. The van der Waals surface area contributed by atoms with E-state index in [1.165, 1.54) is 22.5 Å². The fraction of sp³-hybridized carbons (Fsp3) is 0.130. The highest BCUT2D eigenvalue weighted by Crippen LogP contribution is 2.35. The number of carbonyl (C=O) groups excluding carboxylic acids is 1. The van der Waals surface area contributed by atoms with Crippen LogP contribution in [0.2, 0.25) is 5.02 Å². The van der Waals surface area contributed by atoms with Crippen LogP contribution in [0.5, 0.6) is 0 Å². The van der Waals surface area contributed by atoms with Gasteiger partial charge < -0.3 is 4.74 Å². The highest BCUT2D eigenvalue weighted by molar-refractivity contribution is 7.93. The van der Waals surface area contributed by atoms with Gasteiger partial charge >= 0.3 is 5.97 Å². The molecule has 0 radical (unpaired) electrons. The summed E-state index contributed by atoms with van der Waals surface area (Å²) in [5.41, 5.74) is 2.58. The van der Waals surface area contributed by atoms with Crippen LogP contribution in [-0.2, 0) is 27.8 Å². The minimum absolute atomic E-state index is 0.0238. The van der Waals surface area contributed by atoms with Gasteiger partial charge in [-0.1, -0.05) is 48.0 Å². The summed E-state index contributed by atoms with van der Waals surface area (Å²) in [6.07, 6.45) is 0.604. The second-order valence-corrected chi connectivity index (χ2v) is 9.18. The summed E-state index contributed by atoms with van der Waals surface area (Å²) in [6, 6.07) is 20.1. The molecule has 8 heteroatoms. The minimum Gasteiger partial charge on any atom is -0.457 e. The molecule has 0 unspecified atom stereocenters. The van der Waals surface area contributed by atoms with Crippen LogP contribution in [0, 0.1) is 11.3 Å². The Kier molecular flexibility index (Phi) is 5.68. The quantitative estimate of drug-likeness (QED) is 0.538. The largest absolute Gasteiger partial charge is 0.457 e. The van der Waals surface area contributed by atoms with Gasteiger partial charge in [-0.25, -0.2) is 13.2 Å². The van der Waals surface area contributed by atoms with Crippen molar-refractivity contribution < 1.29 is 17.9 Å². The van der Waals surface area contributed by atoms with E-state index in [0.717, 1.165) is 5.56 Å². The second-order valence-electron chi connectivity index (χ2n) is 6.95. The van der Waals surface area contributed by atoms with Crippen LogP contribution in [0.1, 0.15) is 27.0 Å². The van der Waals surface area contributed by atoms with E-state index in [9.17, 15) is 13.2 Å². The Hall–Kier alpha value is -3.34. The molecule has 31 heavy (non-hydrogen) atoms. The minimum atomic E-state index is -3.97. The Morgan fingerprint density at radius 1 is 1.10 bits per heavy atom. The van der Waals surface area contributed by atoms with E-state index in [2.05, 4.69) is 0 Å². The molecule has 0 atom stereocenters. The molecule has 3 aromatic carbocycles. The van der Waals surface area contributed by atoms with Gasteiger partial charge in [0.2, 0.25) is 0 Å². The number of sulfonamides is 1. The molecule has 156 valence electrons. The smallest absolute Gasteiger partial charge is 0.338 e. The molecule has 1 aliphatic heterocycles. The summed E-state index contributed by atoms with van der Waals surface area (Å²) >= 11 is 6.21. The fourth-order valence-corrected chi connectivity index (χ4v) is 5.49. The maximum absolute atomic E-state index is 13.3. The SMILES string of the molecule is N#Cc1ccccc1COC(=O)c1ccc(Cl)c(S(=O)(=O)N2CCc3ccccc32)c1. The molecule has 0 bridgehead atoms. The number of anilines is 1. The molecule has 0 saturated carbocycles. The molecular formula is C23H17ClN2O4S. The van der Waals surface area contributed by atoms with Crippen LogP contribution in [-0.4, -0.2) is 20.9 Å². The lowest BCUT2D eigenvalue weighted by Gasteiger charge is -2.20. The molecule has 3 aromatic rings. The molecule has 0 N–H and O–H groups in total. The van der Waals surface area contributed by atoms with Crippen molar-refractivity contribution in [1.29, 1.82) is 5.26 Å². The van der Waals surface area contributed by atoms with Gasteiger partial charge in [-0.2, -0.15) is 5.26 Å². The molecule has 0 saturated heterocycles. The van der Waals surface area contributed by atoms with E-state index < -0.39 is 16.0 Å². The first-order chi connectivity index (χ1) is 14.9. The molecule has 4 rings (SSSR count). The van der Waals surface area contributed by atoms with Crippen molar-refractivity contribution in [2.75, 3.05) is 10.8 Å². The summed E-state index contributed by atoms with van der Waals surface area (Å²) in [4.78, 5) is 12.4. The van der Waals surface area contributed by atoms with Crippen LogP contribution in [0.3, 0.4) is 0 Å². The van der Waals surface area contributed by atoms with E-state index in [-0.39, 0.29) is 22.1 Å². The predicted molar refractivity (Wildman–Crippen MR) is 116 cm³/mol. The third kappa shape index (κ3) is 4.00. The monoisotopic (exact) mass is 452 g/mol. The number of carbonyl (C=O) groups is 1. The summed E-state index contributed by atoms with van der Waals surface area (Å²) in [6.45, 7) is 0.199. The number of fused-ring (bicyclic) bond motifs is 1. The first kappa shape index (κ1) is 20.9. The van der Waals surface area contributed by atoms with Crippen LogP contribution in [0.15, 0.2) is 71.6 Å². The van der Waals surface area contributed by atoms with Gasteiger partial charge in [0.25, 0.3) is 10.0 Å². The summed E-state index contributed by atoms with van der Waals surface area (Å²) in [5, 5.41) is 9.18. The Balaban J connectivity index is 1.60. The number of benzene rings is 3. The van der Waals surface area contributed by atoms with E-state index in [4.69, 9.17) is 21.6 Å². The van der Waals surface area contributed by atoms with Crippen molar-refractivity contribution in [2.24, 2.45) is 0 Å². The second kappa shape index (κ2) is 8.42. The van der Waals surface area contributed by atoms with Gasteiger partial charge in [0.1, 0.15) is 11.5 Å². The zero-order valence-electron chi connectivity index (χ0n) is 16.3. The van der Waals surface area contributed by atoms with Gasteiger partial charge in [-0.15, -0.1) is 0 Å². The number of hydrogen-bond acceptors (Lipinski definition) is 5. The van der Waals surface area contributed by atoms with Crippen LogP contribution in [0.25, 0.3) is 0 Å². The molecule has 0 spiro atoms. The van der Waals surface area contributed by atoms with Gasteiger partial charge in [0.15, 0.2) is 0 Å². The van der Waals surface area contributed by atoms with E-state index in [1.807, 2.05) is 18.2 Å². The predicted octanol–water partition coefficient (Wildman–Crippen LogP) is 4.32. The normalized spacial score (nSPS) is 12.8. The van der Waals surface area contributed by atoms with Crippen molar-refractivity contribution in [3.63, 3.8) is 0 Å². The zero-order valence-corrected chi connectivity index (χ0v) is 17.9. The number of esters is 1. The van der Waals surface area contributed by atoms with Crippen molar-refractivity contribution in [3.8, 4) is 6.07 Å². The molecule has 6 nitrogen and oxygen atoms in total. The van der Waals surface area contributed by atoms with Gasteiger partial charge in [0, 0.05) is 12.1 Å². The van der Waals surface area contributed by atoms with Crippen molar-refractivity contribution in [2.45, 2.75) is 17.9 Å². The lowest BCUT2D eigenvalue weighted by atomic mass is 10.1. The van der Waals surface area contributed by atoms with Crippen molar-refractivity contribution in [1.82, 2.24) is 0 Å². The third-order valence-corrected chi connectivity index (χ3v) is 7.37. The lowest BCUT2D eigenvalue weighted by Crippen LogP contribution is -2.29. The van der Waals surface area contributed by atoms with E-state index >= 15 is 0 Å². The Morgan fingerprint density at radius 3 is 2.65 bits per heavy atom. The number of hydrogen-bond donors (Lipinski definition) is 0. The maximum Gasteiger partial charge on any atom is 0.338 e. The van der Waals surface area contributed by atoms with Gasteiger partial charge in [0.05, 0.1) is 27.9 Å². The number of nitrogens with zero attached hydrogens (tertiary/aromatic N) is 2. The first-order valence-electron chi connectivity index (χ1n) is 9.47. The summed E-state index contributed by atoms with van der Waals surface area (Å²) in [7, 11) is -3.97. The van der Waals surface area contributed by atoms with Gasteiger partial charge in [-0.3, -0.25) is 4.31 Å². The number of nitriles is 1. The average molecular weight is 453 g/mol. The molecule has 1 heterocycles. The summed E-state index contributed by atoms with van der Waals surface area (Å²) in [5.74, 6) is -0.706. The topological polar surface area (TPSA) is 87.5 Å². The molecule has 1 aliphatic rings. The highest BCUT2D eigenvalue weighted by Gasteiger charge is 2.32. The van der Waals surface area contributed by atoms with Crippen LogP contribution in [0.4, 0.5) is 5.69 Å². The standard InChI is InChI=1S/C23H17ClN2O4S/c24-20-10-9-17(23(27)30-15-19-7-2-1-6-18(19)14-25)13-22(20)31(28,29)26-12-11-16-5-3-4-8-21(16)26/h1-10,13H,11-12,15H2. The molecule has 0 fully saturated rings. The highest BCUT2D eigenvalue weighted by atomic mass is 35.5. The third-order valence-electron chi connectivity index (χ3n) is 5.08. The fourth-order valence-electron chi connectivity index (χ4n) is 3.49. The van der Waals surface area contributed by atoms with Crippen molar-refractivity contribution >= 4 is 33.3 Å². The first-order valence-corrected chi connectivity index (χ1v) is 11.3. The summed E-state index contributed by atoms with van der Waals surface area (Å²) < 4.78 is 33.2.